The summed E-state index contributed by atoms with van der Waals surface area (Å²) in [5, 5.41) is 3.31. The number of nitrogens with zero attached hydrogens (tertiary/aromatic N) is 1. The van der Waals surface area contributed by atoms with Crippen molar-refractivity contribution < 1.29 is 19.0 Å². The van der Waals surface area contributed by atoms with Gasteiger partial charge in [0.15, 0.2) is 11.5 Å². The summed E-state index contributed by atoms with van der Waals surface area (Å²) >= 11 is 0. The van der Waals surface area contributed by atoms with E-state index < -0.39 is 0 Å². The first-order valence-corrected chi connectivity index (χ1v) is 12.6. The molecule has 1 spiro atoms. The maximum atomic E-state index is 13.0. The zero-order valence-electron chi connectivity index (χ0n) is 20.1. The van der Waals surface area contributed by atoms with E-state index in [4.69, 9.17) is 14.2 Å². The Hall–Kier alpha value is -2.73. The van der Waals surface area contributed by atoms with Crippen LogP contribution in [-0.2, 0) is 11.2 Å². The molecule has 0 radical (unpaired) electrons. The largest absolute Gasteiger partial charge is 0.493 e. The van der Waals surface area contributed by atoms with Crippen molar-refractivity contribution in [3.05, 3.63) is 47.5 Å². The number of piperidine rings is 3. The number of hydrogen-bond acceptors (Lipinski definition) is 5. The Kier molecular flexibility index (Phi) is 5.44. The Morgan fingerprint density at radius 3 is 2.38 bits per heavy atom. The van der Waals surface area contributed by atoms with Gasteiger partial charge in [-0.15, -0.1) is 0 Å². The second-order valence-corrected chi connectivity index (χ2v) is 10.5. The second kappa shape index (κ2) is 8.49. The van der Waals surface area contributed by atoms with E-state index in [1.165, 1.54) is 24.0 Å². The zero-order valence-corrected chi connectivity index (χ0v) is 20.1. The highest BCUT2D eigenvalue weighted by atomic mass is 16.6. The molecule has 0 aromatic heterocycles. The molecule has 34 heavy (non-hydrogen) atoms. The Labute approximate surface area is 201 Å². The zero-order chi connectivity index (χ0) is 23.3. The molecule has 4 fully saturated rings. The number of aryl methyl sites for hydroxylation is 1. The molecule has 1 N–H and O–H groups in total. The predicted octanol–water partition coefficient (Wildman–Crippen LogP) is 4.96. The first kappa shape index (κ1) is 21.8. The SMILES string of the molecule is COc1ccc(-c2ccc3c(c2)CCC2(CC2)C3NC(=O)O[C@H]2CN3CCC2CC3)cc1OC. The molecule has 3 saturated heterocycles. The molecular formula is C28H34N2O4. The lowest BCUT2D eigenvalue weighted by atomic mass is 9.76. The van der Waals surface area contributed by atoms with Gasteiger partial charge in [-0.2, -0.15) is 0 Å². The predicted molar refractivity (Wildman–Crippen MR) is 130 cm³/mol. The number of hydrogen-bond donors (Lipinski definition) is 1. The molecule has 1 amide bonds. The van der Waals surface area contributed by atoms with Crippen LogP contribution in [0.25, 0.3) is 11.1 Å². The maximum absolute atomic E-state index is 13.0. The molecule has 3 aliphatic heterocycles. The fourth-order valence-electron chi connectivity index (χ4n) is 6.42. The van der Waals surface area contributed by atoms with Gasteiger partial charge in [0.2, 0.25) is 0 Å². The first-order chi connectivity index (χ1) is 16.6. The molecule has 6 heteroatoms. The van der Waals surface area contributed by atoms with Crippen LogP contribution in [0.4, 0.5) is 4.79 Å². The average molecular weight is 463 g/mol. The molecule has 1 saturated carbocycles. The summed E-state index contributed by atoms with van der Waals surface area (Å²) in [6, 6.07) is 12.7. The summed E-state index contributed by atoms with van der Waals surface area (Å²) in [4.78, 5) is 15.4. The normalized spacial score (nSPS) is 28.2. The maximum Gasteiger partial charge on any atom is 0.407 e. The van der Waals surface area contributed by atoms with Gasteiger partial charge in [0.1, 0.15) is 6.10 Å². The topological polar surface area (TPSA) is 60.0 Å². The molecule has 2 aromatic carbocycles. The molecule has 2 atom stereocenters. The van der Waals surface area contributed by atoms with Crippen LogP contribution in [0.15, 0.2) is 36.4 Å². The van der Waals surface area contributed by atoms with Crippen LogP contribution in [-0.4, -0.2) is 51.0 Å². The van der Waals surface area contributed by atoms with Crippen molar-refractivity contribution in [2.24, 2.45) is 11.3 Å². The summed E-state index contributed by atoms with van der Waals surface area (Å²) < 4.78 is 16.9. The number of fused-ring (bicyclic) bond motifs is 4. The van der Waals surface area contributed by atoms with Gasteiger partial charge in [0.05, 0.1) is 20.3 Å². The number of rotatable bonds is 5. The summed E-state index contributed by atoms with van der Waals surface area (Å²) in [5.41, 5.74) is 5.02. The molecule has 2 aliphatic carbocycles. The van der Waals surface area contributed by atoms with E-state index in [1.807, 2.05) is 12.1 Å². The van der Waals surface area contributed by atoms with Crippen LogP contribution < -0.4 is 14.8 Å². The number of methoxy groups -OCH3 is 2. The third-order valence-corrected chi connectivity index (χ3v) is 8.68. The summed E-state index contributed by atoms with van der Waals surface area (Å²) in [5.74, 6) is 1.98. The fraction of sp³-hybridized carbons (Fsp3) is 0.536. The summed E-state index contributed by atoms with van der Waals surface area (Å²) in [7, 11) is 3.31. The lowest BCUT2D eigenvalue weighted by Crippen LogP contribution is -2.53. The van der Waals surface area contributed by atoms with Crippen molar-refractivity contribution in [1.82, 2.24) is 10.2 Å². The standard InChI is InChI=1S/C28H34N2O4/c1-32-23-6-4-20(16-24(23)33-2)19-3-5-22-21(15-19)7-10-28(11-12-28)26(22)29-27(31)34-25-17-30-13-8-18(25)9-14-30/h3-6,15-16,18,25-26H,7-14,17H2,1-2H3,(H,29,31)/t25-,26?/m0/s1. The minimum Gasteiger partial charge on any atom is -0.493 e. The van der Waals surface area contributed by atoms with Gasteiger partial charge in [-0.1, -0.05) is 24.3 Å². The molecule has 2 aromatic rings. The highest BCUT2D eigenvalue weighted by Gasteiger charge is 2.53. The van der Waals surface area contributed by atoms with Crippen LogP contribution in [0.2, 0.25) is 0 Å². The van der Waals surface area contributed by atoms with Crippen molar-refractivity contribution in [3.63, 3.8) is 0 Å². The Balaban J connectivity index is 1.22. The van der Waals surface area contributed by atoms with Crippen molar-refractivity contribution in [2.75, 3.05) is 33.9 Å². The quantitative estimate of drug-likeness (QED) is 0.681. The van der Waals surface area contributed by atoms with E-state index in [-0.39, 0.29) is 23.7 Å². The van der Waals surface area contributed by atoms with Gasteiger partial charge in [-0.05, 0) is 97.3 Å². The number of benzene rings is 2. The van der Waals surface area contributed by atoms with E-state index in [0.29, 0.717) is 5.92 Å². The highest BCUT2D eigenvalue weighted by Crippen LogP contribution is 2.61. The van der Waals surface area contributed by atoms with Gasteiger partial charge in [-0.3, -0.25) is 4.90 Å². The summed E-state index contributed by atoms with van der Waals surface area (Å²) in [6.07, 6.45) is 6.59. The average Bonchev–Trinajstić information content (AvgIpc) is 3.66. The number of carbonyl (C=O) groups is 1. The van der Waals surface area contributed by atoms with E-state index in [9.17, 15) is 4.79 Å². The molecule has 180 valence electrons. The number of alkyl carbamates (subject to hydrolysis) is 1. The van der Waals surface area contributed by atoms with Crippen molar-refractivity contribution in [1.29, 1.82) is 0 Å². The van der Waals surface area contributed by atoms with Gasteiger partial charge in [0, 0.05) is 6.54 Å². The van der Waals surface area contributed by atoms with E-state index in [1.54, 1.807) is 14.2 Å². The lowest BCUT2D eigenvalue weighted by molar-refractivity contribution is -0.0347. The van der Waals surface area contributed by atoms with Crippen molar-refractivity contribution in [3.8, 4) is 22.6 Å². The smallest absolute Gasteiger partial charge is 0.407 e. The van der Waals surface area contributed by atoms with Crippen LogP contribution in [0.1, 0.15) is 49.3 Å². The molecular weight excluding hydrogens is 428 g/mol. The van der Waals surface area contributed by atoms with E-state index >= 15 is 0 Å². The molecule has 2 bridgehead atoms. The third kappa shape index (κ3) is 3.82. The molecule has 7 rings (SSSR count). The van der Waals surface area contributed by atoms with Crippen LogP contribution in [0, 0.1) is 11.3 Å². The Morgan fingerprint density at radius 1 is 0.971 bits per heavy atom. The molecule has 1 unspecified atom stereocenters. The molecule has 3 heterocycles. The van der Waals surface area contributed by atoms with Gasteiger partial charge in [-0.25, -0.2) is 4.79 Å². The van der Waals surface area contributed by atoms with Gasteiger partial charge in [0.25, 0.3) is 0 Å². The second-order valence-electron chi connectivity index (χ2n) is 10.5. The molecule has 6 nitrogen and oxygen atoms in total. The Morgan fingerprint density at radius 2 is 1.71 bits per heavy atom. The Bertz CT molecular complexity index is 1090. The fourth-order valence-corrected chi connectivity index (χ4v) is 6.42. The number of carbonyl (C=O) groups excluding carboxylic acids is 1. The van der Waals surface area contributed by atoms with Gasteiger partial charge < -0.3 is 19.5 Å². The monoisotopic (exact) mass is 462 g/mol. The molecule has 5 aliphatic rings. The van der Waals surface area contributed by atoms with Crippen LogP contribution in [0.3, 0.4) is 0 Å². The minimum absolute atomic E-state index is 0.0317. The number of ether oxygens (including phenoxy) is 3. The number of amides is 1. The van der Waals surface area contributed by atoms with Crippen molar-refractivity contribution in [2.45, 2.75) is 50.7 Å². The van der Waals surface area contributed by atoms with Crippen LogP contribution >= 0.6 is 0 Å². The van der Waals surface area contributed by atoms with E-state index in [2.05, 4.69) is 34.5 Å². The minimum atomic E-state index is -0.244. The highest BCUT2D eigenvalue weighted by molar-refractivity contribution is 5.71. The lowest BCUT2D eigenvalue weighted by Gasteiger charge is -2.44. The third-order valence-electron chi connectivity index (χ3n) is 8.68. The first-order valence-electron chi connectivity index (χ1n) is 12.6. The van der Waals surface area contributed by atoms with Crippen LogP contribution in [0.5, 0.6) is 11.5 Å². The summed E-state index contributed by atoms with van der Waals surface area (Å²) in [6.45, 7) is 3.18. The number of nitrogens with one attached hydrogen (secondary N) is 1. The van der Waals surface area contributed by atoms with Gasteiger partial charge >= 0.3 is 6.09 Å². The van der Waals surface area contributed by atoms with Crippen molar-refractivity contribution >= 4 is 6.09 Å². The van der Waals surface area contributed by atoms with E-state index in [0.717, 1.165) is 67.9 Å².